The Morgan fingerprint density at radius 1 is 1.26 bits per heavy atom. The van der Waals surface area contributed by atoms with Crippen molar-refractivity contribution < 1.29 is 0 Å². The van der Waals surface area contributed by atoms with Crippen molar-refractivity contribution >= 4 is 0 Å². The Labute approximate surface area is 112 Å². The van der Waals surface area contributed by atoms with Gasteiger partial charge in [0, 0.05) is 17.7 Å². The van der Waals surface area contributed by atoms with Crippen LogP contribution in [0, 0.1) is 13.8 Å². The van der Waals surface area contributed by atoms with E-state index in [9.17, 15) is 4.79 Å². The van der Waals surface area contributed by atoms with Gasteiger partial charge in [-0.2, -0.15) is 5.10 Å². The van der Waals surface area contributed by atoms with Gasteiger partial charge >= 0.3 is 0 Å². The first-order valence-electron chi connectivity index (χ1n) is 6.48. The van der Waals surface area contributed by atoms with Crippen LogP contribution in [-0.2, 0) is 6.54 Å². The molecule has 0 aliphatic rings. The summed E-state index contributed by atoms with van der Waals surface area (Å²) < 4.78 is 0. The largest absolute Gasteiger partial charge is 0.313 e. The molecule has 0 aliphatic heterocycles. The minimum Gasteiger partial charge on any atom is -0.313 e. The topological polar surface area (TPSA) is 57.8 Å². The first-order chi connectivity index (χ1) is 9.11. The van der Waals surface area contributed by atoms with Gasteiger partial charge < -0.3 is 5.32 Å². The predicted octanol–water partition coefficient (Wildman–Crippen LogP) is 2.16. The molecule has 0 bridgehead atoms. The molecule has 2 N–H and O–H groups in total. The normalized spacial score (nSPS) is 10.7. The van der Waals surface area contributed by atoms with Crippen molar-refractivity contribution in [1.82, 2.24) is 15.5 Å². The third-order valence-corrected chi connectivity index (χ3v) is 3.11. The zero-order valence-corrected chi connectivity index (χ0v) is 11.6. The van der Waals surface area contributed by atoms with Gasteiger partial charge in [-0.05, 0) is 38.1 Å². The second-order valence-electron chi connectivity index (χ2n) is 4.71. The Morgan fingerprint density at radius 2 is 2.05 bits per heavy atom. The number of aromatic amines is 1. The van der Waals surface area contributed by atoms with Crippen LogP contribution in [0.2, 0.25) is 0 Å². The maximum absolute atomic E-state index is 11.7. The summed E-state index contributed by atoms with van der Waals surface area (Å²) in [5.74, 6) is 0. The molecule has 0 amide bonds. The van der Waals surface area contributed by atoms with Crippen LogP contribution >= 0.6 is 0 Å². The van der Waals surface area contributed by atoms with E-state index < -0.39 is 0 Å². The number of rotatable bonds is 4. The van der Waals surface area contributed by atoms with Gasteiger partial charge in [0.1, 0.15) is 0 Å². The second-order valence-corrected chi connectivity index (χ2v) is 4.71. The molecule has 2 rings (SSSR count). The van der Waals surface area contributed by atoms with Crippen LogP contribution in [0.25, 0.3) is 11.3 Å². The summed E-state index contributed by atoms with van der Waals surface area (Å²) in [6.07, 6.45) is 0. The highest BCUT2D eigenvalue weighted by molar-refractivity contribution is 5.64. The van der Waals surface area contributed by atoms with E-state index in [1.165, 1.54) is 5.56 Å². The highest BCUT2D eigenvalue weighted by Gasteiger charge is 2.07. The van der Waals surface area contributed by atoms with Crippen molar-refractivity contribution in [2.24, 2.45) is 0 Å². The second kappa shape index (κ2) is 5.80. The monoisotopic (exact) mass is 257 g/mol. The average Bonchev–Trinajstić information content (AvgIpc) is 2.41. The molecule has 4 heteroatoms. The Bertz CT molecular complexity index is 632. The molecule has 0 fully saturated rings. The van der Waals surface area contributed by atoms with Gasteiger partial charge in [-0.15, -0.1) is 0 Å². The molecular formula is C15H19N3O. The molecule has 0 unspecified atom stereocenters. The third kappa shape index (κ3) is 3.09. The molecule has 1 aromatic carbocycles. The molecule has 0 saturated carbocycles. The lowest BCUT2D eigenvalue weighted by Crippen LogP contribution is -2.21. The Balaban J connectivity index is 2.45. The van der Waals surface area contributed by atoms with Gasteiger partial charge in [0.2, 0.25) is 0 Å². The fourth-order valence-corrected chi connectivity index (χ4v) is 1.99. The van der Waals surface area contributed by atoms with Crippen LogP contribution in [0.3, 0.4) is 0 Å². The smallest absolute Gasteiger partial charge is 0.268 e. The lowest BCUT2D eigenvalue weighted by Gasteiger charge is -2.08. The molecule has 19 heavy (non-hydrogen) atoms. The number of hydrogen-bond donors (Lipinski definition) is 2. The predicted molar refractivity (Wildman–Crippen MR) is 77.1 cm³/mol. The zero-order chi connectivity index (χ0) is 13.8. The highest BCUT2D eigenvalue weighted by Crippen LogP contribution is 2.22. The Kier molecular flexibility index (Phi) is 4.12. The summed E-state index contributed by atoms with van der Waals surface area (Å²) in [7, 11) is 0. The van der Waals surface area contributed by atoms with E-state index in [0.29, 0.717) is 12.1 Å². The van der Waals surface area contributed by atoms with Gasteiger partial charge in [0.25, 0.3) is 5.56 Å². The molecule has 2 aromatic rings. The molecule has 0 radical (unpaired) electrons. The highest BCUT2D eigenvalue weighted by atomic mass is 16.1. The molecule has 100 valence electrons. The molecule has 1 heterocycles. The summed E-state index contributed by atoms with van der Waals surface area (Å²) >= 11 is 0. The number of benzene rings is 1. The van der Waals surface area contributed by atoms with Gasteiger partial charge in [-0.3, -0.25) is 4.79 Å². The van der Waals surface area contributed by atoms with Crippen molar-refractivity contribution in [1.29, 1.82) is 0 Å². The van der Waals surface area contributed by atoms with E-state index >= 15 is 0 Å². The van der Waals surface area contributed by atoms with Crippen LogP contribution < -0.4 is 10.9 Å². The fraction of sp³-hybridized carbons (Fsp3) is 0.333. The van der Waals surface area contributed by atoms with Crippen molar-refractivity contribution in [2.45, 2.75) is 27.3 Å². The quantitative estimate of drug-likeness (QED) is 0.882. The van der Waals surface area contributed by atoms with Gasteiger partial charge in [-0.25, -0.2) is 5.10 Å². The lowest BCUT2D eigenvalue weighted by atomic mass is 10.0. The van der Waals surface area contributed by atoms with Crippen molar-refractivity contribution in [3.63, 3.8) is 0 Å². The number of hydrogen-bond acceptors (Lipinski definition) is 3. The first-order valence-corrected chi connectivity index (χ1v) is 6.48. The summed E-state index contributed by atoms with van der Waals surface area (Å²) in [5.41, 5.74) is 4.80. The van der Waals surface area contributed by atoms with Crippen molar-refractivity contribution in [2.75, 3.05) is 6.54 Å². The number of aryl methyl sites for hydroxylation is 2. The molecule has 0 aliphatic carbocycles. The first kappa shape index (κ1) is 13.5. The minimum absolute atomic E-state index is 0.130. The van der Waals surface area contributed by atoms with E-state index in [1.807, 2.05) is 26.8 Å². The molecule has 0 saturated heterocycles. The van der Waals surface area contributed by atoms with Gasteiger partial charge in [0.05, 0.1) is 5.69 Å². The van der Waals surface area contributed by atoms with Crippen molar-refractivity contribution in [3.8, 4) is 11.3 Å². The number of H-pyrrole nitrogens is 1. The molecule has 1 aromatic heterocycles. The maximum atomic E-state index is 11.7. The molecule has 0 spiro atoms. The van der Waals surface area contributed by atoms with Gasteiger partial charge in [0.15, 0.2) is 0 Å². The van der Waals surface area contributed by atoms with Crippen LogP contribution in [0.4, 0.5) is 0 Å². The maximum Gasteiger partial charge on any atom is 0.268 e. The Morgan fingerprint density at radius 3 is 2.79 bits per heavy atom. The number of nitrogens with zero attached hydrogens (tertiary/aromatic N) is 1. The summed E-state index contributed by atoms with van der Waals surface area (Å²) in [4.78, 5) is 11.7. The number of nitrogens with one attached hydrogen (secondary N) is 2. The van der Waals surface area contributed by atoms with Crippen LogP contribution in [0.5, 0.6) is 0 Å². The lowest BCUT2D eigenvalue weighted by molar-refractivity contribution is 0.715. The van der Waals surface area contributed by atoms with Gasteiger partial charge in [-0.1, -0.05) is 24.6 Å². The molecular weight excluding hydrogens is 238 g/mol. The standard InChI is InChI=1S/C15H19N3O/c1-4-16-9-12-8-14(17-18-15(12)19)13-7-10(2)5-6-11(13)3/h5-8,16H,4,9H2,1-3H3,(H,18,19). The van der Waals surface area contributed by atoms with E-state index in [0.717, 1.165) is 23.4 Å². The van der Waals surface area contributed by atoms with E-state index in [2.05, 4.69) is 33.7 Å². The third-order valence-electron chi connectivity index (χ3n) is 3.11. The van der Waals surface area contributed by atoms with Crippen LogP contribution in [0.1, 0.15) is 23.6 Å². The minimum atomic E-state index is -0.130. The van der Waals surface area contributed by atoms with Crippen LogP contribution in [-0.4, -0.2) is 16.7 Å². The van der Waals surface area contributed by atoms with Crippen LogP contribution in [0.15, 0.2) is 29.1 Å². The Hall–Kier alpha value is -1.94. The SMILES string of the molecule is CCNCc1cc(-c2cc(C)ccc2C)n[nH]c1=O. The number of aromatic nitrogens is 2. The summed E-state index contributed by atoms with van der Waals surface area (Å²) in [6, 6.07) is 8.10. The van der Waals surface area contributed by atoms with E-state index in [1.54, 1.807) is 0 Å². The van der Waals surface area contributed by atoms with Crippen molar-refractivity contribution in [3.05, 3.63) is 51.3 Å². The molecule has 4 nitrogen and oxygen atoms in total. The summed E-state index contributed by atoms with van der Waals surface area (Å²) in [5, 5.41) is 9.89. The molecule has 0 atom stereocenters. The van der Waals surface area contributed by atoms with E-state index in [4.69, 9.17) is 0 Å². The fourth-order valence-electron chi connectivity index (χ4n) is 1.99. The summed E-state index contributed by atoms with van der Waals surface area (Å²) in [6.45, 7) is 7.51. The van der Waals surface area contributed by atoms with E-state index in [-0.39, 0.29) is 5.56 Å². The zero-order valence-electron chi connectivity index (χ0n) is 11.6. The average molecular weight is 257 g/mol.